The molecule has 0 heterocycles. The Morgan fingerprint density at radius 2 is 1.94 bits per heavy atom. The highest BCUT2D eigenvalue weighted by Gasteiger charge is 2.02. The molecule has 0 fully saturated rings. The molecule has 0 aliphatic heterocycles. The monoisotopic (exact) mass is 421 g/mol. The summed E-state index contributed by atoms with van der Waals surface area (Å²) in [6.07, 6.45) is 0. The van der Waals surface area contributed by atoms with Crippen LogP contribution in [0.4, 0.5) is 5.69 Å². The maximum absolute atomic E-state index is 6.16. The van der Waals surface area contributed by atoms with Crippen molar-refractivity contribution >= 4 is 55.8 Å². The van der Waals surface area contributed by atoms with Crippen LogP contribution < -0.4 is 5.32 Å². The first-order valence-corrected chi connectivity index (χ1v) is 7.34. The van der Waals surface area contributed by atoms with Crippen LogP contribution in [-0.2, 0) is 6.54 Å². The van der Waals surface area contributed by atoms with Crippen LogP contribution in [0.2, 0.25) is 5.02 Å². The molecule has 0 atom stereocenters. The molecule has 0 aliphatic rings. The quantitative estimate of drug-likeness (QED) is 0.661. The Kier molecular flexibility index (Phi) is 4.70. The summed E-state index contributed by atoms with van der Waals surface area (Å²) in [5.41, 5.74) is 2.22. The molecule has 2 aromatic rings. The third kappa shape index (κ3) is 3.60. The van der Waals surface area contributed by atoms with E-state index in [1.54, 1.807) is 0 Å². The average molecular weight is 422 g/mol. The van der Waals surface area contributed by atoms with Crippen molar-refractivity contribution in [2.45, 2.75) is 6.54 Å². The van der Waals surface area contributed by atoms with Crippen LogP contribution in [0.1, 0.15) is 5.56 Å². The van der Waals surface area contributed by atoms with Gasteiger partial charge in [-0.3, -0.25) is 0 Å². The highest BCUT2D eigenvalue weighted by atomic mass is 127. The van der Waals surface area contributed by atoms with Crippen LogP contribution in [0.5, 0.6) is 0 Å². The maximum atomic E-state index is 6.16. The summed E-state index contributed by atoms with van der Waals surface area (Å²) in [7, 11) is 0. The standard InChI is InChI=1S/C13H10BrClIN/c14-10-6-5-9(11(15)7-10)8-17-13-4-2-1-3-12(13)16/h1-7,17H,8H2. The summed E-state index contributed by atoms with van der Waals surface area (Å²) in [6, 6.07) is 14.1. The predicted octanol–water partition coefficient (Wildman–Crippen LogP) is 5.32. The fourth-order valence-corrected chi connectivity index (χ4v) is 2.78. The molecule has 0 aromatic heterocycles. The summed E-state index contributed by atoms with van der Waals surface area (Å²) < 4.78 is 2.21. The van der Waals surface area contributed by atoms with E-state index in [0.717, 1.165) is 27.3 Å². The second-order valence-electron chi connectivity index (χ2n) is 3.57. The van der Waals surface area contributed by atoms with Crippen molar-refractivity contribution in [3.8, 4) is 0 Å². The predicted molar refractivity (Wildman–Crippen MR) is 85.6 cm³/mol. The summed E-state index contributed by atoms with van der Waals surface area (Å²) in [5.74, 6) is 0. The Labute approximate surface area is 128 Å². The van der Waals surface area contributed by atoms with E-state index in [4.69, 9.17) is 11.6 Å². The Morgan fingerprint density at radius 1 is 1.18 bits per heavy atom. The van der Waals surface area contributed by atoms with E-state index in [0.29, 0.717) is 0 Å². The number of para-hydroxylation sites is 1. The fourth-order valence-electron chi connectivity index (χ4n) is 1.46. The molecule has 0 saturated heterocycles. The van der Waals surface area contributed by atoms with E-state index in [1.165, 1.54) is 3.57 Å². The number of nitrogens with one attached hydrogen (secondary N) is 1. The molecule has 17 heavy (non-hydrogen) atoms. The smallest absolute Gasteiger partial charge is 0.0478 e. The second kappa shape index (κ2) is 6.07. The van der Waals surface area contributed by atoms with E-state index < -0.39 is 0 Å². The van der Waals surface area contributed by atoms with Crippen molar-refractivity contribution in [2.24, 2.45) is 0 Å². The van der Waals surface area contributed by atoms with Crippen molar-refractivity contribution in [1.82, 2.24) is 0 Å². The van der Waals surface area contributed by atoms with Gasteiger partial charge in [-0.25, -0.2) is 0 Å². The molecule has 0 unspecified atom stereocenters. The Hall–Kier alpha value is -0.260. The molecule has 0 spiro atoms. The fraction of sp³-hybridized carbons (Fsp3) is 0.0769. The van der Waals surface area contributed by atoms with Gasteiger partial charge in [-0.15, -0.1) is 0 Å². The van der Waals surface area contributed by atoms with E-state index in [1.807, 2.05) is 30.3 Å². The van der Waals surface area contributed by atoms with Crippen LogP contribution in [0.25, 0.3) is 0 Å². The van der Waals surface area contributed by atoms with Crippen molar-refractivity contribution in [3.63, 3.8) is 0 Å². The lowest BCUT2D eigenvalue weighted by atomic mass is 10.2. The molecular formula is C13H10BrClIN. The van der Waals surface area contributed by atoms with Crippen LogP contribution >= 0.6 is 50.1 Å². The molecule has 1 N–H and O–H groups in total. The lowest BCUT2D eigenvalue weighted by Crippen LogP contribution is -2.01. The Morgan fingerprint density at radius 3 is 2.65 bits per heavy atom. The van der Waals surface area contributed by atoms with Gasteiger partial charge in [0, 0.05) is 25.3 Å². The van der Waals surface area contributed by atoms with Gasteiger partial charge >= 0.3 is 0 Å². The van der Waals surface area contributed by atoms with Gasteiger partial charge in [0.05, 0.1) is 0 Å². The topological polar surface area (TPSA) is 12.0 Å². The van der Waals surface area contributed by atoms with Gasteiger partial charge in [0.1, 0.15) is 0 Å². The molecule has 0 bridgehead atoms. The van der Waals surface area contributed by atoms with E-state index in [9.17, 15) is 0 Å². The third-order valence-corrected chi connectivity index (χ3v) is 4.14. The number of benzene rings is 2. The molecule has 2 rings (SSSR count). The van der Waals surface area contributed by atoms with Crippen molar-refractivity contribution in [2.75, 3.05) is 5.32 Å². The molecule has 88 valence electrons. The van der Waals surface area contributed by atoms with Gasteiger partial charge in [0.25, 0.3) is 0 Å². The average Bonchev–Trinajstić information content (AvgIpc) is 2.30. The molecule has 0 amide bonds. The minimum Gasteiger partial charge on any atom is -0.380 e. The van der Waals surface area contributed by atoms with Gasteiger partial charge in [-0.05, 0) is 52.4 Å². The van der Waals surface area contributed by atoms with Gasteiger partial charge in [0.2, 0.25) is 0 Å². The first-order valence-electron chi connectivity index (χ1n) is 5.09. The second-order valence-corrected chi connectivity index (χ2v) is 6.05. The van der Waals surface area contributed by atoms with Gasteiger partial charge < -0.3 is 5.32 Å². The lowest BCUT2D eigenvalue weighted by Gasteiger charge is -2.09. The minimum atomic E-state index is 0.728. The number of halogens is 3. The van der Waals surface area contributed by atoms with E-state index >= 15 is 0 Å². The zero-order chi connectivity index (χ0) is 12.3. The van der Waals surface area contributed by atoms with Crippen LogP contribution in [0.3, 0.4) is 0 Å². The van der Waals surface area contributed by atoms with E-state index in [-0.39, 0.29) is 0 Å². The van der Waals surface area contributed by atoms with Gasteiger partial charge in [-0.1, -0.05) is 45.7 Å². The lowest BCUT2D eigenvalue weighted by molar-refractivity contribution is 1.14. The first-order chi connectivity index (χ1) is 8.16. The van der Waals surface area contributed by atoms with Crippen molar-refractivity contribution in [3.05, 3.63) is 61.1 Å². The number of anilines is 1. The van der Waals surface area contributed by atoms with Crippen LogP contribution in [0, 0.1) is 3.57 Å². The van der Waals surface area contributed by atoms with Gasteiger partial charge in [-0.2, -0.15) is 0 Å². The zero-order valence-electron chi connectivity index (χ0n) is 8.88. The highest BCUT2D eigenvalue weighted by Crippen LogP contribution is 2.23. The maximum Gasteiger partial charge on any atom is 0.0478 e. The molecule has 4 heteroatoms. The largest absolute Gasteiger partial charge is 0.380 e. The summed E-state index contributed by atoms with van der Waals surface area (Å²) >= 11 is 11.9. The summed E-state index contributed by atoms with van der Waals surface area (Å²) in [6.45, 7) is 0.728. The van der Waals surface area contributed by atoms with Gasteiger partial charge in [0.15, 0.2) is 0 Å². The number of hydrogen-bond donors (Lipinski definition) is 1. The van der Waals surface area contributed by atoms with Crippen molar-refractivity contribution in [1.29, 1.82) is 0 Å². The van der Waals surface area contributed by atoms with E-state index in [2.05, 4.69) is 56.0 Å². The summed E-state index contributed by atoms with van der Waals surface area (Å²) in [5, 5.41) is 4.16. The van der Waals surface area contributed by atoms with Crippen molar-refractivity contribution < 1.29 is 0 Å². The molecule has 0 saturated carbocycles. The molecule has 0 aliphatic carbocycles. The first kappa shape index (κ1) is 13.2. The normalized spacial score (nSPS) is 10.3. The number of rotatable bonds is 3. The highest BCUT2D eigenvalue weighted by molar-refractivity contribution is 14.1. The Balaban J connectivity index is 2.10. The van der Waals surface area contributed by atoms with Crippen LogP contribution in [-0.4, -0.2) is 0 Å². The van der Waals surface area contributed by atoms with Crippen LogP contribution in [0.15, 0.2) is 46.9 Å². The molecule has 1 nitrogen and oxygen atoms in total. The minimum absolute atomic E-state index is 0.728. The molecule has 0 radical (unpaired) electrons. The molecule has 2 aromatic carbocycles. The summed E-state index contributed by atoms with van der Waals surface area (Å²) in [4.78, 5) is 0. The SMILES string of the molecule is Clc1cc(Br)ccc1CNc1ccccc1I. The zero-order valence-corrected chi connectivity index (χ0v) is 13.4. The third-order valence-electron chi connectivity index (χ3n) is 2.36. The Bertz CT molecular complexity index is 531. The molecular weight excluding hydrogens is 412 g/mol. The number of hydrogen-bond acceptors (Lipinski definition) is 1.